The number of ether oxygens (including phenoxy) is 1. The van der Waals surface area contributed by atoms with Gasteiger partial charge in [-0.25, -0.2) is 18.2 Å². The predicted octanol–water partition coefficient (Wildman–Crippen LogP) is 9.66. The highest BCUT2D eigenvalue weighted by atomic mass is 28.3. The van der Waals surface area contributed by atoms with Gasteiger partial charge in [0.15, 0.2) is 5.82 Å². The van der Waals surface area contributed by atoms with Crippen molar-refractivity contribution in [1.29, 1.82) is 0 Å². The van der Waals surface area contributed by atoms with E-state index in [0.29, 0.717) is 75.9 Å². The molecule has 5 aromatic rings. The maximum absolute atomic E-state index is 18.1. The molecular formula is C48H56F3N7O2Si. The quantitative estimate of drug-likeness (QED) is 0.111. The number of aromatic nitrogens is 4. The van der Waals surface area contributed by atoms with Gasteiger partial charge in [-0.05, 0) is 91.0 Å². The van der Waals surface area contributed by atoms with Crippen molar-refractivity contribution in [3.63, 3.8) is 0 Å². The van der Waals surface area contributed by atoms with E-state index in [2.05, 4.69) is 73.1 Å². The number of halogens is 3. The van der Waals surface area contributed by atoms with Crippen LogP contribution in [0.15, 0.2) is 42.7 Å². The normalized spacial score (nSPS) is 22.8. The first kappa shape index (κ1) is 41.6. The second kappa shape index (κ2) is 15.8. The third-order valence-electron chi connectivity index (χ3n) is 14.2. The van der Waals surface area contributed by atoms with Crippen molar-refractivity contribution in [2.45, 2.75) is 121 Å². The molecule has 4 atom stereocenters. The summed E-state index contributed by atoms with van der Waals surface area (Å²) in [6.45, 7) is 17.8. The van der Waals surface area contributed by atoms with E-state index in [-0.39, 0.29) is 52.8 Å². The zero-order valence-electron chi connectivity index (χ0n) is 36.2. The summed E-state index contributed by atoms with van der Waals surface area (Å²) in [4.78, 5) is 23.9. The van der Waals surface area contributed by atoms with E-state index in [0.717, 1.165) is 37.8 Å². The Bertz CT molecular complexity index is 2560. The average molecular weight is 848 g/mol. The maximum atomic E-state index is 18.1. The lowest BCUT2D eigenvalue weighted by molar-refractivity contribution is 0.107. The molecule has 7 heterocycles. The summed E-state index contributed by atoms with van der Waals surface area (Å²) < 4.78 is 55.8. The van der Waals surface area contributed by atoms with Crippen LogP contribution in [0.5, 0.6) is 11.8 Å². The van der Waals surface area contributed by atoms with E-state index < -0.39 is 31.4 Å². The number of fused-ring (bicyclic) bond motifs is 5. The van der Waals surface area contributed by atoms with E-state index in [1.54, 1.807) is 24.5 Å². The van der Waals surface area contributed by atoms with Gasteiger partial charge in [-0.1, -0.05) is 53.5 Å². The Morgan fingerprint density at radius 2 is 1.67 bits per heavy atom. The average Bonchev–Trinajstić information content (AvgIpc) is 3.87. The molecule has 0 unspecified atom stereocenters. The highest BCUT2D eigenvalue weighted by molar-refractivity contribution is 6.90. The number of nitrogens with one attached hydrogen (secondary N) is 1. The van der Waals surface area contributed by atoms with Gasteiger partial charge in [0.05, 0.1) is 22.2 Å². The minimum atomic E-state index is -2.34. The van der Waals surface area contributed by atoms with Gasteiger partial charge in [-0.15, -0.1) is 5.54 Å². The van der Waals surface area contributed by atoms with Crippen molar-refractivity contribution < 1.29 is 23.0 Å². The number of pyridine rings is 2. The molecule has 0 spiro atoms. The minimum absolute atomic E-state index is 0.00278. The molecule has 61 heavy (non-hydrogen) atoms. The third kappa shape index (κ3) is 7.22. The molecule has 0 saturated carbocycles. The number of anilines is 1. The van der Waals surface area contributed by atoms with Crippen LogP contribution in [-0.2, 0) is 0 Å². The fraction of sp³-hybridized carbons (Fsp3) is 0.500. The lowest BCUT2D eigenvalue weighted by atomic mass is 9.95. The summed E-state index contributed by atoms with van der Waals surface area (Å²) in [5.74, 6) is 2.40. The molecule has 4 aliphatic heterocycles. The van der Waals surface area contributed by atoms with Gasteiger partial charge in [0.2, 0.25) is 0 Å². The van der Waals surface area contributed by atoms with Crippen LogP contribution in [0, 0.1) is 30.0 Å². The summed E-state index contributed by atoms with van der Waals surface area (Å²) in [7, 11) is -2.34. The number of piperazine rings is 1. The van der Waals surface area contributed by atoms with Gasteiger partial charge in [-0.2, -0.15) is 9.97 Å². The fourth-order valence-electron chi connectivity index (χ4n) is 11.5. The van der Waals surface area contributed by atoms with Gasteiger partial charge in [-0.3, -0.25) is 9.88 Å². The number of alkyl halides is 1. The van der Waals surface area contributed by atoms with Crippen molar-refractivity contribution in [3.05, 3.63) is 65.5 Å². The van der Waals surface area contributed by atoms with Gasteiger partial charge < -0.3 is 20.1 Å². The number of rotatable bonds is 9. The molecule has 13 heteroatoms. The molecule has 2 bridgehead atoms. The third-order valence-corrected chi connectivity index (χ3v) is 20.5. The van der Waals surface area contributed by atoms with Crippen molar-refractivity contribution >= 4 is 35.6 Å². The summed E-state index contributed by atoms with van der Waals surface area (Å²) in [6.07, 6.45) is 6.63. The molecule has 4 saturated heterocycles. The SMILES string of the molecule is Cc1cncc(-c2nc(-c3cc(O)cc4ccc(F)c(C#C[Si](C(C)C)(C(C)C)C(C)C)c34)c(F)c3nc(OC[C@@]45CCCN4C[C@H](F)C5)nc(N4C[C@H]5CC[C@@H](C4)N5)c23)c1. The zero-order valence-corrected chi connectivity index (χ0v) is 37.2. The molecular weight excluding hydrogens is 792 g/mol. The minimum Gasteiger partial charge on any atom is -0.508 e. The molecule has 2 N–H and O–H groups in total. The lowest BCUT2D eigenvalue weighted by Crippen LogP contribution is -2.51. The Morgan fingerprint density at radius 1 is 0.934 bits per heavy atom. The van der Waals surface area contributed by atoms with Gasteiger partial charge >= 0.3 is 6.01 Å². The topological polar surface area (TPSA) is 99.5 Å². The molecule has 0 aliphatic carbocycles. The Labute approximate surface area is 357 Å². The Kier molecular flexibility index (Phi) is 10.8. The predicted molar refractivity (Wildman–Crippen MR) is 238 cm³/mol. The molecule has 2 aromatic carbocycles. The molecule has 320 valence electrons. The molecule has 9 nitrogen and oxygen atoms in total. The molecule has 0 amide bonds. The first-order valence-corrected chi connectivity index (χ1v) is 24.3. The smallest absolute Gasteiger partial charge is 0.319 e. The van der Waals surface area contributed by atoms with Crippen LogP contribution in [-0.4, -0.2) is 94.6 Å². The summed E-state index contributed by atoms with van der Waals surface area (Å²) in [5.41, 5.74) is 6.17. The van der Waals surface area contributed by atoms with Gasteiger partial charge in [0.1, 0.15) is 49.4 Å². The number of nitrogens with zero attached hydrogens (tertiary/aromatic N) is 6. The van der Waals surface area contributed by atoms with E-state index in [9.17, 15) is 9.50 Å². The molecule has 3 aromatic heterocycles. The van der Waals surface area contributed by atoms with E-state index >= 15 is 8.78 Å². The van der Waals surface area contributed by atoms with Crippen LogP contribution in [0.25, 0.3) is 44.2 Å². The van der Waals surface area contributed by atoms with E-state index in [4.69, 9.17) is 19.7 Å². The van der Waals surface area contributed by atoms with Crippen molar-refractivity contribution in [1.82, 2.24) is 30.2 Å². The van der Waals surface area contributed by atoms with Crippen molar-refractivity contribution in [2.24, 2.45) is 0 Å². The van der Waals surface area contributed by atoms with Crippen LogP contribution >= 0.6 is 0 Å². The summed E-state index contributed by atoms with van der Waals surface area (Å²) in [6, 6.07) is 8.34. The number of hydrogen-bond donors (Lipinski definition) is 2. The Balaban J connectivity index is 1.31. The second-order valence-corrected chi connectivity index (χ2v) is 24.6. The first-order valence-electron chi connectivity index (χ1n) is 22.0. The van der Waals surface area contributed by atoms with Gasteiger partial charge in [0.25, 0.3) is 0 Å². The Hall–Kier alpha value is -4.77. The lowest BCUT2D eigenvalue weighted by Gasteiger charge is -2.38. The van der Waals surface area contributed by atoms with E-state index in [1.807, 2.05) is 13.0 Å². The fourth-order valence-corrected chi connectivity index (χ4v) is 16.7. The highest BCUT2D eigenvalue weighted by Crippen LogP contribution is 2.45. The number of benzene rings is 2. The number of hydrogen-bond acceptors (Lipinski definition) is 9. The standard InChI is InChI=1S/C48H56F3N7O2Si/c1-27(2)61(28(3)4,29(5)6)16-13-37-39(50)12-9-31-18-36(59)19-38(40(31)37)44-42(51)45-41(43(54-44)32-17-30(7)21-52-22-32)46(57-24-34-10-11-35(25-57)53-34)56-47(55-45)60-26-48-14-8-15-58(48)23-33(49)20-48/h9,12,17-19,21-22,27-29,33-35,53,59H,8,10-11,14-15,20,23-26H2,1-7H3/t33-,34-,35+,48+/m1/s1. The summed E-state index contributed by atoms with van der Waals surface area (Å²) in [5, 5.41) is 16.2. The largest absolute Gasteiger partial charge is 0.508 e. The molecule has 9 rings (SSSR count). The van der Waals surface area contributed by atoms with Crippen LogP contribution in [0.4, 0.5) is 19.0 Å². The zero-order chi connectivity index (χ0) is 43.0. The van der Waals surface area contributed by atoms with Crippen LogP contribution in [0.2, 0.25) is 16.6 Å². The molecule has 4 aliphatic rings. The van der Waals surface area contributed by atoms with E-state index in [1.165, 1.54) is 12.1 Å². The number of phenolic OH excluding ortho intramolecular Hbond substituents is 1. The number of aromatic hydroxyl groups is 1. The molecule has 4 fully saturated rings. The number of phenols is 1. The van der Waals surface area contributed by atoms with Gasteiger partial charge in [0, 0.05) is 67.0 Å². The summed E-state index contributed by atoms with van der Waals surface area (Å²) >= 11 is 0. The first-order chi connectivity index (χ1) is 29.2. The second-order valence-electron chi connectivity index (χ2n) is 19.0. The Morgan fingerprint density at radius 3 is 2.38 bits per heavy atom. The van der Waals surface area contributed by atoms with Crippen LogP contribution in [0.3, 0.4) is 0 Å². The molecule has 0 radical (unpaired) electrons. The number of aryl methyl sites for hydroxylation is 1. The van der Waals surface area contributed by atoms with Crippen LogP contribution in [0.1, 0.15) is 84.8 Å². The van der Waals surface area contributed by atoms with Crippen molar-refractivity contribution in [2.75, 3.05) is 37.7 Å². The van der Waals surface area contributed by atoms with Crippen LogP contribution < -0.4 is 15.0 Å². The maximum Gasteiger partial charge on any atom is 0.319 e. The highest BCUT2D eigenvalue weighted by Gasteiger charge is 2.49. The monoisotopic (exact) mass is 847 g/mol. The van der Waals surface area contributed by atoms with Crippen molar-refractivity contribution in [3.8, 4) is 45.7 Å².